The number of benzene rings is 2. The van der Waals surface area contributed by atoms with E-state index in [1.807, 2.05) is 0 Å². The molecule has 1 N–H and O–H groups in total. The molecule has 0 saturated heterocycles. The normalized spacial score (nSPS) is 10.0. The second-order valence-corrected chi connectivity index (χ2v) is 5.96. The molecular formula is C21H22N2O6. The van der Waals surface area contributed by atoms with Gasteiger partial charge < -0.3 is 19.7 Å². The summed E-state index contributed by atoms with van der Waals surface area (Å²) >= 11 is 0. The van der Waals surface area contributed by atoms with E-state index in [2.05, 4.69) is 5.32 Å². The van der Waals surface area contributed by atoms with E-state index in [1.54, 1.807) is 37.3 Å². The van der Waals surface area contributed by atoms with Gasteiger partial charge in [-0.3, -0.25) is 9.59 Å². The van der Waals surface area contributed by atoms with Crippen molar-refractivity contribution in [2.75, 3.05) is 30.5 Å². The minimum atomic E-state index is -0.584. The van der Waals surface area contributed by atoms with E-state index in [4.69, 9.17) is 9.47 Å². The highest BCUT2D eigenvalue weighted by molar-refractivity contribution is 6.05. The van der Waals surface area contributed by atoms with Gasteiger partial charge in [-0.2, -0.15) is 0 Å². The average molecular weight is 398 g/mol. The van der Waals surface area contributed by atoms with Crippen LogP contribution in [0.15, 0.2) is 48.5 Å². The zero-order chi connectivity index (χ0) is 21.4. The third-order valence-corrected chi connectivity index (χ3v) is 3.98. The molecule has 0 unspecified atom stereocenters. The number of carbonyl (C=O) groups excluding carboxylic acids is 4. The van der Waals surface area contributed by atoms with E-state index in [0.29, 0.717) is 11.3 Å². The van der Waals surface area contributed by atoms with E-state index in [-0.39, 0.29) is 30.3 Å². The van der Waals surface area contributed by atoms with Gasteiger partial charge in [0.2, 0.25) is 11.8 Å². The minimum absolute atomic E-state index is 0.205. The van der Waals surface area contributed by atoms with Crippen molar-refractivity contribution in [3.8, 4) is 0 Å². The van der Waals surface area contributed by atoms with Crippen molar-refractivity contribution in [3.05, 3.63) is 59.7 Å². The van der Waals surface area contributed by atoms with Gasteiger partial charge in [0.05, 0.1) is 30.5 Å². The predicted octanol–water partition coefficient (Wildman–Crippen LogP) is 2.64. The number of para-hydroxylation sites is 1. The van der Waals surface area contributed by atoms with Crippen LogP contribution in [0.5, 0.6) is 0 Å². The summed E-state index contributed by atoms with van der Waals surface area (Å²) in [5.41, 5.74) is 1.28. The first kappa shape index (κ1) is 21.6. The number of esters is 2. The topological polar surface area (TPSA) is 102 Å². The molecule has 29 heavy (non-hydrogen) atoms. The van der Waals surface area contributed by atoms with Crippen molar-refractivity contribution in [2.24, 2.45) is 0 Å². The van der Waals surface area contributed by atoms with Gasteiger partial charge in [0.15, 0.2) is 0 Å². The van der Waals surface area contributed by atoms with Gasteiger partial charge in [0.1, 0.15) is 6.54 Å². The molecule has 0 atom stereocenters. The van der Waals surface area contributed by atoms with Gasteiger partial charge >= 0.3 is 11.9 Å². The van der Waals surface area contributed by atoms with Crippen LogP contribution in [-0.2, 0) is 19.1 Å². The quantitative estimate of drug-likeness (QED) is 0.720. The molecule has 0 fully saturated rings. The summed E-state index contributed by atoms with van der Waals surface area (Å²) in [4.78, 5) is 49.4. The van der Waals surface area contributed by atoms with E-state index in [9.17, 15) is 19.2 Å². The van der Waals surface area contributed by atoms with Gasteiger partial charge in [-0.25, -0.2) is 9.59 Å². The van der Waals surface area contributed by atoms with Crippen LogP contribution in [0.1, 0.15) is 34.6 Å². The summed E-state index contributed by atoms with van der Waals surface area (Å²) in [7, 11) is 1.25. The van der Waals surface area contributed by atoms with E-state index >= 15 is 0 Å². The number of nitrogens with zero attached hydrogens (tertiary/aromatic N) is 1. The lowest BCUT2D eigenvalue weighted by Gasteiger charge is -2.21. The molecule has 2 rings (SSSR count). The maximum absolute atomic E-state index is 12.5. The second kappa shape index (κ2) is 10.0. The zero-order valence-corrected chi connectivity index (χ0v) is 16.4. The Morgan fingerprint density at radius 2 is 1.62 bits per heavy atom. The third-order valence-electron chi connectivity index (χ3n) is 3.98. The average Bonchev–Trinajstić information content (AvgIpc) is 2.72. The molecule has 8 nitrogen and oxygen atoms in total. The number of rotatable bonds is 7. The monoisotopic (exact) mass is 398 g/mol. The molecule has 0 aromatic heterocycles. The predicted molar refractivity (Wildman–Crippen MR) is 107 cm³/mol. The number of anilines is 2. The number of methoxy groups -OCH3 is 1. The van der Waals surface area contributed by atoms with Crippen LogP contribution in [0, 0.1) is 0 Å². The van der Waals surface area contributed by atoms with E-state index in [0.717, 1.165) is 0 Å². The van der Waals surface area contributed by atoms with Crippen LogP contribution < -0.4 is 10.2 Å². The van der Waals surface area contributed by atoms with Crippen molar-refractivity contribution < 1.29 is 28.7 Å². The highest BCUT2D eigenvalue weighted by atomic mass is 16.5. The molecule has 0 heterocycles. The van der Waals surface area contributed by atoms with E-state index in [1.165, 1.54) is 37.1 Å². The number of ether oxygens (including phenoxy) is 2. The molecular weight excluding hydrogens is 376 g/mol. The fraction of sp³-hybridized carbons (Fsp3) is 0.238. The Labute approximate surface area is 168 Å². The van der Waals surface area contributed by atoms with Crippen LogP contribution in [-0.4, -0.2) is 44.0 Å². The molecule has 2 aromatic carbocycles. The molecule has 0 saturated carbocycles. The van der Waals surface area contributed by atoms with Crippen molar-refractivity contribution in [3.63, 3.8) is 0 Å². The molecule has 2 aromatic rings. The summed E-state index contributed by atoms with van der Waals surface area (Å²) < 4.78 is 9.63. The number of hydrogen-bond acceptors (Lipinski definition) is 6. The Kier molecular flexibility index (Phi) is 7.47. The smallest absolute Gasteiger partial charge is 0.339 e. The van der Waals surface area contributed by atoms with Crippen LogP contribution in [0.4, 0.5) is 11.4 Å². The first-order valence-electron chi connectivity index (χ1n) is 8.89. The molecule has 0 aliphatic carbocycles. The first-order valence-corrected chi connectivity index (χ1v) is 8.89. The Morgan fingerprint density at radius 1 is 0.966 bits per heavy atom. The molecule has 152 valence electrons. The number of hydrogen-bond donors (Lipinski definition) is 1. The van der Waals surface area contributed by atoms with Gasteiger partial charge in [-0.05, 0) is 43.3 Å². The molecule has 0 aliphatic rings. The van der Waals surface area contributed by atoms with Crippen molar-refractivity contribution >= 4 is 35.1 Å². The maximum atomic E-state index is 12.5. The third kappa shape index (κ3) is 5.65. The highest BCUT2D eigenvalue weighted by Gasteiger charge is 2.19. The summed E-state index contributed by atoms with van der Waals surface area (Å²) in [6.07, 6.45) is 0. The highest BCUT2D eigenvalue weighted by Crippen LogP contribution is 2.19. The molecule has 0 spiro atoms. The lowest BCUT2D eigenvalue weighted by molar-refractivity contribution is -0.120. The van der Waals surface area contributed by atoms with Crippen molar-refractivity contribution in [1.29, 1.82) is 0 Å². The van der Waals surface area contributed by atoms with Crippen LogP contribution in [0.2, 0.25) is 0 Å². The molecule has 2 amide bonds. The Bertz CT molecular complexity index is 908. The number of amides is 2. The summed E-state index contributed by atoms with van der Waals surface area (Å²) in [5, 5.41) is 2.62. The van der Waals surface area contributed by atoms with Gasteiger partial charge in [0.25, 0.3) is 0 Å². The minimum Gasteiger partial charge on any atom is -0.465 e. The lowest BCUT2D eigenvalue weighted by atomic mass is 10.1. The first-order chi connectivity index (χ1) is 13.9. The van der Waals surface area contributed by atoms with Gasteiger partial charge in [-0.15, -0.1) is 0 Å². The fourth-order valence-electron chi connectivity index (χ4n) is 2.59. The molecule has 8 heteroatoms. The van der Waals surface area contributed by atoms with Crippen molar-refractivity contribution in [1.82, 2.24) is 0 Å². The van der Waals surface area contributed by atoms with Crippen LogP contribution >= 0.6 is 0 Å². The zero-order valence-electron chi connectivity index (χ0n) is 16.4. The molecule has 0 bridgehead atoms. The Morgan fingerprint density at radius 3 is 2.21 bits per heavy atom. The molecule has 0 aliphatic heterocycles. The van der Waals surface area contributed by atoms with Crippen LogP contribution in [0.3, 0.4) is 0 Å². The van der Waals surface area contributed by atoms with Gasteiger partial charge in [-0.1, -0.05) is 12.1 Å². The van der Waals surface area contributed by atoms with Gasteiger partial charge in [0, 0.05) is 12.6 Å². The largest absolute Gasteiger partial charge is 0.465 e. The Balaban J connectivity index is 2.15. The summed E-state index contributed by atoms with van der Waals surface area (Å²) in [6, 6.07) is 12.6. The molecule has 0 radical (unpaired) electrons. The fourth-order valence-corrected chi connectivity index (χ4v) is 2.59. The summed E-state index contributed by atoms with van der Waals surface area (Å²) in [6.45, 7) is 3.02. The Hall–Kier alpha value is -3.68. The standard InChI is InChI=1S/C21H22N2O6/c1-4-29-20(26)15-9-11-16(12-10-15)23(14(2)24)13-19(25)22-18-8-6-5-7-17(18)21(27)28-3/h5-12H,4,13H2,1-3H3,(H,22,25). The lowest BCUT2D eigenvalue weighted by Crippen LogP contribution is -2.36. The van der Waals surface area contributed by atoms with E-state index < -0.39 is 17.8 Å². The SMILES string of the molecule is CCOC(=O)c1ccc(N(CC(=O)Nc2ccccc2C(=O)OC)C(C)=O)cc1. The number of nitrogens with one attached hydrogen (secondary N) is 1. The summed E-state index contributed by atoms with van der Waals surface area (Å²) in [5.74, 6) is -1.90. The van der Waals surface area contributed by atoms with Crippen molar-refractivity contribution in [2.45, 2.75) is 13.8 Å². The maximum Gasteiger partial charge on any atom is 0.339 e. The second-order valence-electron chi connectivity index (χ2n) is 5.96. The number of carbonyl (C=O) groups is 4. The van der Waals surface area contributed by atoms with Crippen LogP contribution in [0.25, 0.3) is 0 Å².